The van der Waals surface area contributed by atoms with Gasteiger partial charge in [0.25, 0.3) is 0 Å². The molecule has 0 radical (unpaired) electrons. The molecule has 1 rings (SSSR count). The van der Waals surface area contributed by atoms with E-state index in [4.69, 9.17) is 0 Å². The summed E-state index contributed by atoms with van der Waals surface area (Å²) in [7, 11) is 2.56. The number of rotatable bonds is 5. The molecule has 0 aliphatic rings. The van der Waals surface area contributed by atoms with Gasteiger partial charge in [-0.2, -0.15) is 0 Å². The highest BCUT2D eigenvalue weighted by Crippen LogP contribution is 2.11. The molecule has 0 aromatic carbocycles. The third-order valence-corrected chi connectivity index (χ3v) is 2.60. The van der Waals surface area contributed by atoms with Gasteiger partial charge in [-0.3, -0.25) is 14.6 Å². The number of hydrogen-bond acceptors (Lipinski definition) is 7. The minimum Gasteiger partial charge on any atom is -0.468 e. The van der Waals surface area contributed by atoms with Gasteiger partial charge in [-0.25, -0.2) is 4.98 Å². The SMILES string of the molecule is COC(=O)CN(CC(=O)OC)c1cnc(C)c(C)n1. The molecule has 0 amide bonds. The summed E-state index contributed by atoms with van der Waals surface area (Å²) in [6.07, 6.45) is 1.51. The number of nitrogens with zero attached hydrogens (tertiary/aromatic N) is 3. The lowest BCUT2D eigenvalue weighted by molar-refractivity contribution is -0.140. The van der Waals surface area contributed by atoms with Crippen LogP contribution in [0.1, 0.15) is 11.4 Å². The van der Waals surface area contributed by atoms with Crippen molar-refractivity contribution in [3.63, 3.8) is 0 Å². The highest BCUT2D eigenvalue weighted by atomic mass is 16.5. The van der Waals surface area contributed by atoms with Crippen LogP contribution in [0.5, 0.6) is 0 Å². The normalized spacial score (nSPS) is 9.89. The Balaban J connectivity index is 2.96. The van der Waals surface area contributed by atoms with Crippen LogP contribution in [-0.4, -0.2) is 49.2 Å². The van der Waals surface area contributed by atoms with Crippen molar-refractivity contribution in [2.24, 2.45) is 0 Å². The number of esters is 2. The summed E-state index contributed by atoms with van der Waals surface area (Å²) in [5.74, 6) is -0.508. The largest absolute Gasteiger partial charge is 0.468 e. The predicted octanol–water partition coefficient (Wildman–Crippen LogP) is 0.246. The fourth-order valence-corrected chi connectivity index (χ4v) is 1.34. The molecule has 19 heavy (non-hydrogen) atoms. The summed E-state index contributed by atoms with van der Waals surface area (Å²) in [5, 5.41) is 0. The maximum Gasteiger partial charge on any atom is 0.325 e. The fraction of sp³-hybridized carbons (Fsp3) is 0.500. The zero-order valence-corrected chi connectivity index (χ0v) is 11.5. The van der Waals surface area contributed by atoms with Crippen molar-refractivity contribution in [1.29, 1.82) is 0 Å². The molecule has 1 heterocycles. The molecular weight excluding hydrogens is 250 g/mol. The van der Waals surface area contributed by atoms with Crippen LogP contribution in [-0.2, 0) is 19.1 Å². The van der Waals surface area contributed by atoms with E-state index >= 15 is 0 Å². The molecule has 0 aliphatic carbocycles. The van der Waals surface area contributed by atoms with Gasteiger partial charge in [0, 0.05) is 0 Å². The van der Waals surface area contributed by atoms with Crippen LogP contribution in [0.25, 0.3) is 0 Å². The van der Waals surface area contributed by atoms with E-state index in [9.17, 15) is 9.59 Å². The maximum absolute atomic E-state index is 11.4. The molecule has 0 saturated heterocycles. The number of ether oxygens (including phenoxy) is 2. The van der Waals surface area contributed by atoms with Crippen LogP contribution in [0.3, 0.4) is 0 Å². The van der Waals surface area contributed by atoms with Crippen LogP contribution in [0.4, 0.5) is 5.82 Å². The molecule has 0 fully saturated rings. The van der Waals surface area contributed by atoms with E-state index in [1.807, 2.05) is 6.92 Å². The van der Waals surface area contributed by atoms with E-state index in [0.29, 0.717) is 5.82 Å². The number of methoxy groups -OCH3 is 2. The fourth-order valence-electron chi connectivity index (χ4n) is 1.34. The Hall–Kier alpha value is -2.18. The van der Waals surface area contributed by atoms with Gasteiger partial charge in [0.15, 0.2) is 0 Å². The molecule has 7 nitrogen and oxygen atoms in total. The summed E-state index contributed by atoms with van der Waals surface area (Å²) in [6, 6.07) is 0. The third kappa shape index (κ3) is 4.20. The first-order valence-corrected chi connectivity index (χ1v) is 5.66. The minimum absolute atomic E-state index is 0.0945. The van der Waals surface area contributed by atoms with E-state index in [-0.39, 0.29) is 13.1 Å². The molecule has 0 spiro atoms. The Morgan fingerprint density at radius 2 is 1.63 bits per heavy atom. The lowest BCUT2D eigenvalue weighted by Crippen LogP contribution is -2.36. The zero-order valence-electron chi connectivity index (χ0n) is 11.5. The molecule has 0 atom stereocenters. The average Bonchev–Trinajstić information content (AvgIpc) is 2.40. The highest BCUT2D eigenvalue weighted by molar-refractivity contribution is 5.80. The van der Waals surface area contributed by atoms with Crippen molar-refractivity contribution in [2.75, 3.05) is 32.2 Å². The van der Waals surface area contributed by atoms with Gasteiger partial charge in [-0.15, -0.1) is 0 Å². The van der Waals surface area contributed by atoms with Gasteiger partial charge in [0.1, 0.15) is 18.9 Å². The van der Waals surface area contributed by atoms with Crippen molar-refractivity contribution in [1.82, 2.24) is 9.97 Å². The van der Waals surface area contributed by atoms with Gasteiger partial charge >= 0.3 is 11.9 Å². The molecule has 1 aromatic rings. The number of carbonyl (C=O) groups is 2. The summed E-state index contributed by atoms with van der Waals surface area (Å²) in [5.41, 5.74) is 1.53. The topological polar surface area (TPSA) is 81.6 Å². The smallest absolute Gasteiger partial charge is 0.325 e. The van der Waals surface area contributed by atoms with Gasteiger partial charge in [-0.05, 0) is 13.8 Å². The van der Waals surface area contributed by atoms with Crippen molar-refractivity contribution >= 4 is 17.8 Å². The first kappa shape index (κ1) is 14.9. The number of hydrogen-bond donors (Lipinski definition) is 0. The average molecular weight is 267 g/mol. The van der Waals surface area contributed by atoms with Gasteiger partial charge in [0.2, 0.25) is 0 Å². The number of aryl methyl sites for hydroxylation is 2. The molecular formula is C12H17N3O4. The number of carbonyl (C=O) groups excluding carboxylic acids is 2. The quantitative estimate of drug-likeness (QED) is 0.707. The van der Waals surface area contributed by atoms with E-state index in [1.165, 1.54) is 25.3 Å². The van der Waals surface area contributed by atoms with Crippen molar-refractivity contribution in [3.05, 3.63) is 17.6 Å². The van der Waals surface area contributed by atoms with Crippen LogP contribution >= 0.6 is 0 Å². The maximum atomic E-state index is 11.4. The minimum atomic E-state index is -0.469. The molecule has 7 heteroatoms. The van der Waals surface area contributed by atoms with E-state index in [1.54, 1.807) is 6.92 Å². The first-order chi connectivity index (χ1) is 8.97. The second-order valence-corrected chi connectivity index (χ2v) is 3.91. The van der Waals surface area contributed by atoms with Crippen LogP contribution in [0, 0.1) is 13.8 Å². The van der Waals surface area contributed by atoms with E-state index < -0.39 is 11.9 Å². The molecule has 0 bridgehead atoms. The summed E-state index contributed by atoms with van der Waals surface area (Å²) in [6.45, 7) is 3.45. The molecule has 0 N–H and O–H groups in total. The Morgan fingerprint density at radius 3 is 2.05 bits per heavy atom. The molecule has 1 aromatic heterocycles. The van der Waals surface area contributed by atoms with Crippen LogP contribution < -0.4 is 4.90 Å². The monoisotopic (exact) mass is 267 g/mol. The van der Waals surface area contributed by atoms with Gasteiger partial charge < -0.3 is 14.4 Å². The standard InChI is InChI=1S/C12H17N3O4/c1-8-9(2)14-10(5-13-8)15(6-11(16)18-3)7-12(17)19-4/h5H,6-7H2,1-4H3. The molecule has 0 aliphatic heterocycles. The Labute approximate surface area is 111 Å². The third-order valence-electron chi connectivity index (χ3n) is 2.60. The van der Waals surface area contributed by atoms with Crippen molar-refractivity contribution < 1.29 is 19.1 Å². The lowest BCUT2D eigenvalue weighted by Gasteiger charge is -2.21. The second kappa shape index (κ2) is 6.67. The summed E-state index contributed by atoms with van der Waals surface area (Å²) in [4.78, 5) is 32.6. The Kier molecular flexibility index (Phi) is 5.23. The van der Waals surface area contributed by atoms with Crippen LogP contribution in [0.15, 0.2) is 6.20 Å². The number of anilines is 1. The molecule has 104 valence electrons. The highest BCUT2D eigenvalue weighted by Gasteiger charge is 2.18. The van der Waals surface area contributed by atoms with Crippen molar-refractivity contribution in [2.45, 2.75) is 13.8 Å². The number of aromatic nitrogens is 2. The van der Waals surface area contributed by atoms with E-state index in [0.717, 1.165) is 11.4 Å². The van der Waals surface area contributed by atoms with Crippen LogP contribution in [0.2, 0.25) is 0 Å². The lowest BCUT2D eigenvalue weighted by atomic mass is 10.3. The Bertz CT molecular complexity index is 458. The predicted molar refractivity (Wildman–Crippen MR) is 67.8 cm³/mol. The summed E-state index contributed by atoms with van der Waals surface area (Å²) >= 11 is 0. The van der Waals surface area contributed by atoms with Crippen molar-refractivity contribution in [3.8, 4) is 0 Å². The van der Waals surface area contributed by atoms with Gasteiger partial charge in [-0.1, -0.05) is 0 Å². The zero-order chi connectivity index (χ0) is 14.4. The first-order valence-electron chi connectivity index (χ1n) is 5.66. The van der Waals surface area contributed by atoms with Gasteiger partial charge in [0.05, 0.1) is 31.8 Å². The summed E-state index contributed by atoms with van der Waals surface area (Å²) < 4.78 is 9.18. The Morgan fingerprint density at radius 1 is 1.11 bits per heavy atom. The molecule has 0 saturated carbocycles. The molecule has 0 unspecified atom stereocenters. The van der Waals surface area contributed by atoms with E-state index in [2.05, 4.69) is 19.4 Å². The second-order valence-electron chi connectivity index (χ2n) is 3.91.